The third-order valence-electron chi connectivity index (χ3n) is 16.8. The van der Waals surface area contributed by atoms with Gasteiger partial charge in [-0.25, -0.2) is 4.79 Å². The van der Waals surface area contributed by atoms with E-state index in [9.17, 15) is 67.1 Å². The van der Waals surface area contributed by atoms with E-state index in [1.54, 1.807) is 60.7 Å². The van der Waals surface area contributed by atoms with E-state index in [4.69, 9.17) is 71.8 Å². The van der Waals surface area contributed by atoms with E-state index >= 15 is 0 Å². The van der Waals surface area contributed by atoms with E-state index in [-0.39, 0.29) is 121 Å². The molecule has 41 heteroatoms. The smallest absolute Gasteiger partial charge is 0.329 e. The summed E-state index contributed by atoms with van der Waals surface area (Å²) in [6.45, 7) is 4.36. The van der Waals surface area contributed by atoms with Crippen LogP contribution in [0.25, 0.3) is 0 Å². The monoisotopic (exact) mass is 1660 g/mol. The van der Waals surface area contributed by atoms with Crippen LogP contribution in [0.5, 0.6) is 0 Å². The number of carbonyl (C=O) groups is 14. The van der Waals surface area contributed by atoms with Crippen molar-refractivity contribution in [2.24, 2.45) is 0 Å². The number of carboxylic acid groups (broad SMARTS) is 2. The van der Waals surface area contributed by atoms with Crippen LogP contribution in [-0.2, 0) is 142 Å². The van der Waals surface area contributed by atoms with E-state index in [1.165, 1.54) is 12.2 Å². The van der Waals surface area contributed by atoms with Gasteiger partial charge in [0, 0.05) is 69.4 Å². The van der Waals surface area contributed by atoms with Crippen molar-refractivity contribution in [1.29, 1.82) is 0 Å². The first-order valence-electron chi connectivity index (χ1n) is 38.8. The number of benzene rings is 2. The van der Waals surface area contributed by atoms with Crippen molar-refractivity contribution in [3.05, 3.63) is 83.9 Å². The highest BCUT2D eigenvalue weighted by Gasteiger charge is 2.29. The van der Waals surface area contributed by atoms with Gasteiger partial charge in [-0.05, 0) is 36.8 Å². The number of carboxylic acids is 2. The Morgan fingerprint density at radius 3 is 1.09 bits per heavy atom. The molecule has 1 heterocycles. The summed E-state index contributed by atoms with van der Waals surface area (Å²) in [7, 11) is 0. The maximum absolute atomic E-state index is 13.1. The van der Waals surface area contributed by atoms with Crippen LogP contribution in [0.15, 0.2) is 72.8 Å². The lowest BCUT2D eigenvalue weighted by Crippen LogP contribution is -2.52. The van der Waals surface area contributed by atoms with Gasteiger partial charge in [-0.3, -0.25) is 72.1 Å². The van der Waals surface area contributed by atoms with Crippen molar-refractivity contribution in [3.8, 4) is 0 Å². The molecule has 12 amide bonds. The minimum absolute atomic E-state index is 0.0184. The third kappa shape index (κ3) is 52.0. The van der Waals surface area contributed by atoms with Crippen LogP contribution in [-0.4, -0.2) is 358 Å². The highest BCUT2D eigenvalue weighted by molar-refractivity contribution is 6.12. The Labute approximate surface area is 678 Å². The van der Waals surface area contributed by atoms with Crippen LogP contribution in [0.1, 0.15) is 56.1 Å². The molecule has 1 aliphatic heterocycles. The minimum atomic E-state index is -1.26. The summed E-state index contributed by atoms with van der Waals surface area (Å²) in [4.78, 5) is 175. The first kappa shape index (κ1) is 99.8. The number of imide groups is 1. The van der Waals surface area contributed by atoms with Gasteiger partial charge in [-0.15, -0.1) is 0 Å². The Hall–Kier alpha value is -9.60. The molecule has 654 valence electrons. The fourth-order valence-electron chi connectivity index (χ4n) is 10.8. The van der Waals surface area contributed by atoms with E-state index in [0.29, 0.717) is 130 Å². The van der Waals surface area contributed by atoms with Crippen molar-refractivity contribution < 1.29 is 139 Å². The quantitative estimate of drug-likeness (QED) is 0.0168. The molecule has 2 aromatic carbocycles. The standard InChI is InChI=1S/C76H116N12O29/c89-63(77-49-66(92)79-52-69(95)85-61(47-57-7-3-1-4-8-57)75(103)81-51-68(94)83-56-117-55-74(101)102)17-23-105-29-32-108-26-20-87(21-27-109-33-30-106-24-18-64(90)78-50-67(93)80-53-70(96)86-62(76(104)82-54-73(99)100)48-58-9-5-2-6-10-58)60-13-11-59(12-14-60)84-65(91)19-25-107-31-35-111-37-39-113-41-43-115-45-46-116-44-42-114-40-38-112-36-34-110-28-22-88-71(97)15-16-72(88)98/h1-10,15-16,59-62H,11-14,17-56H2,(H,77,89)(H,78,90)(H,79,92)(H,80,93)(H,81,103)(H,82,104)(H,83,94)(H,84,91)(H,85,95)(H,86,96)(H,99,100)(H,101,102)/t59?,60?,61-,62-/m0/s1. The molecule has 0 unspecified atom stereocenters. The van der Waals surface area contributed by atoms with Gasteiger partial charge < -0.3 is 125 Å². The van der Waals surface area contributed by atoms with Gasteiger partial charge >= 0.3 is 11.9 Å². The van der Waals surface area contributed by atoms with Crippen LogP contribution < -0.4 is 53.2 Å². The number of aliphatic carboxylic acids is 2. The molecule has 41 nitrogen and oxygen atoms in total. The first-order chi connectivity index (χ1) is 56.7. The zero-order chi connectivity index (χ0) is 84.6. The predicted molar refractivity (Wildman–Crippen MR) is 412 cm³/mol. The second kappa shape index (κ2) is 64.5. The second-order valence-electron chi connectivity index (χ2n) is 25.9. The zero-order valence-corrected chi connectivity index (χ0v) is 66.2. The SMILES string of the molecule is O=C(O)CNC(=O)[C@H](Cc1ccccc1)NC(=O)CNC(=O)CNC(=O)CCOCCOCCN(CCOCCOCCC(=O)NCC(=O)NCC(=O)N[C@@H](Cc1ccccc1)C(=O)NCC(=O)NCOCC(=O)O)C1CCC(NC(=O)CCOCCOCCOCCOCCOCCOCCOCCOCCN2C(=O)C=CC2=O)CC1. The minimum Gasteiger partial charge on any atom is -0.480 e. The first-order valence-corrected chi connectivity index (χ1v) is 38.8. The maximum Gasteiger partial charge on any atom is 0.329 e. The molecule has 2 aromatic rings. The van der Waals surface area contributed by atoms with Crippen molar-refractivity contribution in [2.45, 2.75) is 82.0 Å². The fraction of sp³-hybridized carbons (Fsp3) is 0.632. The molecule has 2 atom stereocenters. The summed E-state index contributed by atoms with van der Waals surface area (Å²) in [6, 6.07) is 15.3. The van der Waals surface area contributed by atoms with E-state index < -0.39 is 130 Å². The largest absolute Gasteiger partial charge is 0.480 e. The predicted octanol–water partition coefficient (Wildman–Crippen LogP) is -4.58. The van der Waals surface area contributed by atoms with Gasteiger partial charge in [0.15, 0.2) is 0 Å². The summed E-state index contributed by atoms with van der Waals surface area (Å²) in [5.74, 6) is -9.15. The molecular weight excluding hydrogens is 1540 g/mol. The lowest BCUT2D eigenvalue weighted by Gasteiger charge is -2.37. The van der Waals surface area contributed by atoms with Crippen molar-refractivity contribution in [1.82, 2.24) is 63.0 Å². The van der Waals surface area contributed by atoms with Gasteiger partial charge in [0.05, 0.1) is 198 Å². The molecule has 0 bridgehead atoms. The molecule has 0 saturated heterocycles. The summed E-state index contributed by atoms with van der Waals surface area (Å²) in [5, 5.41) is 42.4. The number of nitrogens with zero attached hydrogens (tertiary/aromatic N) is 2. The summed E-state index contributed by atoms with van der Waals surface area (Å²) in [5.41, 5.74) is 1.39. The number of amides is 12. The van der Waals surface area contributed by atoms with Crippen LogP contribution in [0.3, 0.4) is 0 Å². The van der Waals surface area contributed by atoms with Gasteiger partial charge in [0.25, 0.3) is 11.8 Å². The highest BCUT2D eigenvalue weighted by atomic mass is 16.6. The maximum atomic E-state index is 13.1. The molecular formula is C76H116N12O29. The Morgan fingerprint density at radius 2 is 0.692 bits per heavy atom. The normalized spacial score (nSPS) is 14.2. The van der Waals surface area contributed by atoms with Crippen LogP contribution in [0.4, 0.5) is 0 Å². The van der Waals surface area contributed by atoms with Crippen molar-refractivity contribution in [2.75, 3.05) is 231 Å². The van der Waals surface area contributed by atoms with Gasteiger partial charge in [-0.2, -0.15) is 0 Å². The van der Waals surface area contributed by atoms with Gasteiger partial charge in [-0.1, -0.05) is 60.7 Å². The lowest BCUT2D eigenvalue weighted by molar-refractivity contribution is -0.143. The fourth-order valence-corrected chi connectivity index (χ4v) is 10.8. The number of rotatable bonds is 71. The molecule has 0 aromatic heterocycles. The zero-order valence-electron chi connectivity index (χ0n) is 66.2. The molecule has 1 fully saturated rings. The average molecular weight is 1660 g/mol. The molecule has 117 heavy (non-hydrogen) atoms. The molecule has 2 aliphatic rings. The number of nitrogens with one attached hydrogen (secondary N) is 10. The topological polar surface area (TPSA) is 526 Å². The summed E-state index contributed by atoms with van der Waals surface area (Å²) in [6.07, 6.45) is 5.66. The summed E-state index contributed by atoms with van der Waals surface area (Å²) < 4.78 is 71.9. The number of hydrogen-bond donors (Lipinski definition) is 12. The van der Waals surface area contributed by atoms with Crippen LogP contribution in [0.2, 0.25) is 0 Å². The second-order valence-corrected chi connectivity index (χ2v) is 25.9. The lowest BCUT2D eigenvalue weighted by atomic mass is 9.90. The third-order valence-corrected chi connectivity index (χ3v) is 16.8. The molecule has 12 N–H and O–H groups in total. The average Bonchev–Trinajstić information content (AvgIpc) is 1.55. The summed E-state index contributed by atoms with van der Waals surface area (Å²) >= 11 is 0. The highest BCUT2D eigenvalue weighted by Crippen LogP contribution is 2.24. The Kier molecular flexibility index (Phi) is 55.0. The number of hydrogen-bond acceptors (Lipinski definition) is 28. The van der Waals surface area contributed by atoms with Crippen molar-refractivity contribution >= 4 is 82.8 Å². The van der Waals surface area contributed by atoms with E-state index in [2.05, 4.69) is 58.1 Å². The molecule has 0 spiro atoms. The molecule has 0 radical (unpaired) electrons. The van der Waals surface area contributed by atoms with Gasteiger partial charge in [0.2, 0.25) is 59.1 Å². The Bertz CT molecular complexity index is 3270. The molecule has 1 saturated carbocycles. The number of carbonyl (C=O) groups excluding carboxylic acids is 12. The number of ether oxygens (including phenoxy) is 13. The van der Waals surface area contributed by atoms with E-state index in [0.717, 1.165) is 30.6 Å². The van der Waals surface area contributed by atoms with Crippen molar-refractivity contribution in [3.63, 3.8) is 0 Å². The molecule has 1 aliphatic carbocycles. The molecule has 4 rings (SSSR count). The van der Waals surface area contributed by atoms with E-state index in [1.807, 2.05) is 0 Å². The Morgan fingerprint density at radius 1 is 0.359 bits per heavy atom. The van der Waals surface area contributed by atoms with Gasteiger partial charge in [0.1, 0.15) is 32.0 Å². The van der Waals surface area contributed by atoms with Crippen LogP contribution >= 0.6 is 0 Å². The Balaban J connectivity index is 1.06. The van der Waals surface area contributed by atoms with Crippen LogP contribution in [0, 0.1) is 0 Å².